The third kappa shape index (κ3) is 2.32. The average molecular weight is 264 g/mol. The van der Waals surface area contributed by atoms with E-state index < -0.39 is 0 Å². The molecule has 4 heteroatoms. The molecule has 1 aromatic carbocycles. The molecule has 100 valence electrons. The molecule has 20 heavy (non-hydrogen) atoms. The van der Waals surface area contributed by atoms with E-state index in [0.717, 1.165) is 16.9 Å². The van der Waals surface area contributed by atoms with Crippen molar-refractivity contribution in [2.45, 2.75) is 19.8 Å². The first-order valence-electron chi connectivity index (χ1n) is 6.66. The molecule has 2 aromatic heterocycles. The Hall–Kier alpha value is -2.49. The second-order valence-corrected chi connectivity index (χ2v) is 4.98. The third-order valence-electron chi connectivity index (χ3n) is 3.27. The molecule has 0 amide bonds. The van der Waals surface area contributed by atoms with Gasteiger partial charge in [0.05, 0.1) is 17.6 Å². The zero-order chi connectivity index (χ0) is 13.9. The molecule has 0 saturated heterocycles. The molecule has 0 spiro atoms. The van der Waals surface area contributed by atoms with Gasteiger partial charge >= 0.3 is 0 Å². The Morgan fingerprint density at radius 1 is 1.10 bits per heavy atom. The highest BCUT2D eigenvalue weighted by atomic mass is 15.3. The minimum Gasteiger partial charge on any atom is -0.245 e. The van der Waals surface area contributed by atoms with Gasteiger partial charge < -0.3 is 0 Å². The number of aromatic nitrogens is 4. The van der Waals surface area contributed by atoms with Crippen molar-refractivity contribution >= 4 is 0 Å². The number of para-hydroxylation sites is 1. The van der Waals surface area contributed by atoms with E-state index in [1.165, 1.54) is 5.56 Å². The minimum atomic E-state index is 0.456. The minimum absolute atomic E-state index is 0.456. The van der Waals surface area contributed by atoms with E-state index >= 15 is 0 Å². The van der Waals surface area contributed by atoms with Crippen LogP contribution >= 0.6 is 0 Å². The van der Waals surface area contributed by atoms with Crippen molar-refractivity contribution in [1.29, 1.82) is 0 Å². The van der Waals surface area contributed by atoms with Crippen molar-refractivity contribution in [2.24, 2.45) is 0 Å². The third-order valence-corrected chi connectivity index (χ3v) is 3.27. The second kappa shape index (κ2) is 5.25. The molecular weight excluding hydrogens is 248 g/mol. The Labute approximate surface area is 118 Å². The first kappa shape index (κ1) is 12.5. The summed E-state index contributed by atoms with van der Waals surface area (Å²) in [5, 5.41) is 4.46. The van der Waals surface area contributed by atoms with E-state index in [9.17, 15) is 0 Å². The summed E-state index contributed by atoms with van der Waals surface area (Å²) in [4.78, 5) is 8.18. The highest BCUT2D eigenvalue weighted by molar-refractivity contribution is 5.57. The maximum Gasteiger partial charge on any atom is 0.116 e. The zero-order valence-corrected chi connectivity index (χ0v) is 11.6. The maximum absolute atomic E-state index is 4.46. The van der Waals surface area contributed by atoms with Crippen LogP contribution in [0.1, 0.15) is 25.3 Å². The first-order valence-corrected chi connectivity index (χ1v) is 6.66. The van der Waals surface area contributed by atoms with Crippen LogP contribution in [0.2, 0.25) is 0 Å². The fourth-order valence-electron chi connectivity index (χ4n) is 2.23. The Kier molecular flexibility index (Phi) is 3.29. The summed E-state index contributed by atoms with van der Waals surface area (Å²) in [5.74, 6) is 0.456. The van der Waals surface area contributed by atoms with Gasteiger partial charge in [0.2, 0.25) is 0 Å². The van der Waals surface area contributed by atoms with Crippen LogP contribution in [0.5, 0.6) is 0 Å². The normalized spacial score (nSPS) is 10.9. The number of benzene rings is 1. The fourth-order valence-corrected chi connectivity index (χ4v) is 2.23. The molecule has 0 aliphatic rings. The lowest BCUT2D eigenvalue weighted by Crippen LogP contribution is -2.01. The van der Waals surface area contributed by atoms with Crippen LogP contribution in [0.3, 0.4) is 0 Å². The van der Waals surface area contributed by atoms with Crippen LogP contribution in [0.25, 0.3) is 16.9 Å². The summed E-state index contributed by atoms with van der Waals surface area (Å²) >= 11 is 0. The van der Waals surface area contributed by atoms with E-state index in [0.29, 0.717) is 5.92 Å². The molecular formula is C16H16N4. The number of rotatable bonds is 3. The number of nitrogens with zero attached hydrogens (tertiary/aromatic N) is 4. The van der Waals surface area contributed by atoms with Gasteiger partial charge in [0.25, 0.3) is 0 Å². The Morgan fingerprint density at radius 2 is 1.95 bits per heavy atom. The Balaban J connectivity index is 2.03. The molecule has 3 aromatic rings. The van der Waals surface area contributed by atoms with Crippen molar-refractivity contribution in [3.8, 4) is 16.9 Å². The summed E-state index contributed by atoms with van der Waals surface area (Å²) in [6.07, 6.45) is 7.12. The average Bonchev–Trinajstić information content (AvgIpc) is 2.98. The van der Waals surface area contributed by atoms with Gasteiger partial charge in [0.15, 0.2) is 0 Å². The van der Waals surface area contributed by atoms with E-state index in [-0.39, 0.29) is 0 Å². The first-order chi connectivity index (χ1) is 9.75. The molecule has 3 rings (SSSR count). The molecule has 0 saturated carbocycles. The lowest BCUT2D eigenvalue weighted by Gasteiger charge is -2.12. The summed E-state index contributed by atoms with van der Waals surface area (Å²) in [5.41, 5.74) is 4.27. The van der Waals surface area contributed by atoms with Gasteiger partial charge in [-0.05, 0) is 23.6 Å². The molecule has 0 radical (unpaired) electrons. The fraction of sp³-hybridized carbons (Fsp3) is 0.188. The van der Waals surface area contributed by atoms with E-state index in [4.69, 9.17) is 0 Å². The van der Waals surface area contributed by atoms with Crippen LogP contribution < -0.4 is 0 Å². The van der Waals surface area contributed by atoms with Crippen LogP contribution in [0.4, 0.5) is 0 Å². The zero-order valence-electron chi connectivity index (χ0n) is 11.6. The topological polar surface area (TPSA) is 43.6 Å². The SMILES string of the molecule is CC(C)c1ccccc1-n1cc(-c2ccncn2)cn1. The molecule has 0 N–H and O–H groups in total. The molecule has 0 aliphatic heterocycles. The van der Waals surface area contributed by atoms with E-state index in [1.807, 2.05) is 29.2 Å². The molecule has 0 fully saturated rings. The van der Waals surface area contributed by atoms with Crippen molar-refractivity contribution in [3.63, 3.8) is 0 Å². The Bertz CT molecular complexity index is 701. The standard InChI is InChI=1S/C16H16N4/c1-12(2)14-5-3-4-6-16(14)20-10-13(9-19-20)15-7-8-17-11-18-15/h3-12H,1-2H3. The van der Waals surface area contributed by atoms with Gasteiger partial charge in [-0.1, -0.05) is 32.0 Å². The summed E-state index contributed by atoms with van der Waals surface area (Å²) in [6, 6.07) is 10.2. The van der Waals surface area contributed by atoms with Crippen molar-refractivity contribution in [2.75, 3.05) is 0 Å². The lowest BCUT2D eigenvalue weighted by molar-refractivity contribution is 0.809. The molecule has 0 aliphatic carbocycles. The highest BCUT2D eigenvalue weighted by Gasteiger charge is 2.10. The smallest absolute Gasteiger partial charge is 0.116 e. The molecule has 4 nitrogen and oxygen atoms in total. The quantitative estimate of drug-likeness (QED) is 0.727. The van der Waals surface area contributed by atoms with Gasteiger partial charge in [0, 0.05) is 18.0 Å². The summed E-state index contributed by atoms with van der Waals surface area (Å²) in [7, 11) is 0. The maximum atomic E-state index is 4.46. The monoisotopic (exact) mass is 264 g/mol. The van der Waals surface area contributed by atoms with Gasteiger partial charge in [-0.25, -0.2) is 14.6 Å². The van der Waals surface area contributed by atoms with Crippen LogP contribution in [0, 0.1) is 0 Å². The van der Waals surface area contributed by atoms with Gasteiger partial charge in [-0.3, -0.25) is 0 Å². The van der Waals surface area contributed by atoms with Crippen molar-refractivity contribution in [3.05, 3.63) is 60.8 Å². The predicted molar refractivity (Wildman–Crippen MR) is 78.7 cm³/mol. The molecule has 0 atom stereocenters. The van der Waals surface area contributed by atoms with Crippen molar-refractivity contribution < 1.29 is 0 Å². The molecule has 2 heterocycles. The molecule has 0 unspecified atom stereocenters. The van der Waals surface area contributed by atoms with Gasteiger partial charge in [-0.15, -0.1) is 0 Å². The van der Waals surface area contributed by atoms with Gasteiger partial charge in [0.1, 0.15) is 6.33 Å². The Morgan fingerprint density at radius 3 is 2.70 bits per heavy atom. The predicted octanol–water partition coefficient (Wildman–Crippen LogP) is 3.45. The van der Waals surface area contributed by atoms with Crippen LogP contribution in [0.15, 0.2) is 55.2 Å². The van der Waals surface area contributed by atoms with Crippen molar-refractivity contribution in [1.82, 2.24) is 19.7 Å². The highest BCUT2D eigenvalue weighted by Crippen LogP contribution is 2.24. The van der Waals surface area contributed by atoms with Crippen LogP contribution in [-0.4, -0.2) is 19.7 Å². The lowest BCUT2D eigenvalue weighted by atomic mass is 10.0. The van der Waals surface area contributed by atoms with Crippen LogP contribution in [-0.2, 0) is 0 Å². The summed E-state index contributed by atoms with van der Waals surface area (Å²) in [6.45, 7) is 4.38. The van der Waals surface area contributed by atoms with E-state index in [1.54, 1.807) is 12.5 Å². The van der Waals surface area contributed by atoms with Gasteiger partial charge in [-0.2, -0.15) is 5.10 Å². The number of hydrogen-bond acceptors (Lipinski definition) is 3. The summed E-state index contributed by atoms with van der Waals surface area (Å²) < 4.78 is 1.91. The van der Waals surface area contributed by atoms with E-state index in [2.05, 4.69) is 47.1 Å². The second-order valence-electron chi connectivity index (χ2n) is 4.98. The largest absolute Gasteiger partial charge is 0.245 e. The molecule has 0 bridgehead atoms. The number of hydrogen-bond donors (Lipinski definition) is 0.